The van der Waals surface area contributed by atoms with Gasteiger partial charge in [0.25, 0.3) is 0 Å². The minimum Gasteiger partial charge on any atom is -0.282 e. The van der Waals surface area contributed by atoms with E-state index in [-0.39, 0.29) is 5.82 Å². The number of nitrogens with zero attached hydrogens (tertiary/aromatic N) is 1. The van der Waals surface area contributed by atoms with Crippen molar-refractivity contribution in [2.45, 2.75) is 0 Å². The highest BCUT2D eigenvalue weighted by Gasteiger charge is 2.06. The van der Waals surface area contributed by atoms with Crippen LogP contribution in [0, 0.1) is 11.8 Å². The summed E-state index contributed by atoms with van der Waals surface area (Å²) in [5.74, 6) is -0.917. The Bertz CT molecular complexity index is 406. The molecule has 1 N–H and O–H groups in total. The summed E-state index contributed by atoms with van der Waals surface area (Å²) < 4.78 is 25.4. The van der Waals surface area contributed by atoms with Crippen LogP contribution in [-0.2, 0) is 0 Å². The first-order valence-electron chi connectivity index (χ1n) is 3.72. The van der Waals surface area contributed by atoms with Crippen molar-refractivity contribution in [1.82, 2.24) is 10.2 Å². The molecule has 0 amide bonds. The van der Waals surface area contributed by atoms with Crippen LogP contribution in [0.1, 0.15) is 0 Å². The van der Waals surface area contributed by atoms with Crippen molar-refractivity contribution in [3.63, 3.8) is 0 Å². The number of hydrogen-bond acceptors (Lipinski definition) is 1. The smallest absolute Gasteiger partial charge is 0.240 e. The SMILES string of the molecule is Fc1ccc(-c2c[nH]nc2F)cc1. The Morgan fingerprint density at radius 3 is 2.31 bits per heavy atom. The standard InChI is InChI=1S/C9H6F2N2/c10-7-3-1-6(2-4-7)8-5-12-13-9(8)11/h1-5H,(H,12,13). The molecule has 0 bridgehead atoms. The van der Waals surface area contributed by atoms with E-state index in [4.69, 9.17) is 0 Å². The van der Waals surface area contributed by atoms with Crippen LogP contribution >= 0.6 is 0 Å². The number of benzene rings is 1. The largest absolute Gasteiger partial charge is 0.282 e. The quantitative estimate of drug-likeness (QED) is 0.716. The molecular weight excluding hydrogens is 174 g/mol. The monoisotopic (exact) mass is 180 g/mol. The van der Waals surface area contributed by atoms with Gasteiger partial charge in [-0.15, -0.1) is 5.10 Å². The minimum atomic E-state index is -0.577. The number of aromatic amines is 1. The number of hydrogen-bond donors (Lipinski definition) is 1. The fourth-order valence-corrected chi connectivity index (χ4v) is 1.11. The number of aromatic nitrogens is 2. The average molecular weight is 180 g/mol. The van der Waals surface area contributed by atoms with E-state index in [2.05, 4.69) is 10.2 Å². The van der Waals surface area contributed by atoms with Crippen LogP contribution in [0.5, 0.6) is 0 Å². The van der Waals surface area contributed by atoms with E-state index in [0.29, 0.717) is 11.1 Å². The van der Waals surface area contributed by atoms with Gasteiger partial charge in [0.05, 0.1) is 5.56 Å². The second-order valence-electron chi connectivity index (χ2n) is 2.60. The summed E-state index contributed by atoms with van der Waals surface area (Å²) in [6.07, 6.45) is 1.43. The third-order valence-corrected chi connectivity index (χ3v) is 1.75. The molecule has 0 aliphatic carbocycles. The van der Waals surface area contributed by atoms with E-state index >= 15 is 0 Å². The molecule has 0 atom stereocenters. The number of nitrogens with one attached hydrogen (secondary N) is 1. The van der Waals surface area contributed by atoms with E-state index < -0.39 is 5.95 Å². The molecule has 0 spiro atoms. The van der Waals surface area contributed by atoms with Crippen LogP contribution < -0.4 is 0 Å². The Morgan fingerprint density at radius 2 is 1.77 bits per heavy atom. The van der Waals surface area contributed by atoms with E-state index in [0.717, 1.165) is 0 Å². The molecule has 0 aliphatic heterocycles. The zero-order valence-corrected chi connectivity index (χ0v) is 6.59. The molecule has 0 fully saturated rings. The van der Waals surface area contributed by atoms with Crippen LogP contribution in [0.3, 0.4) is 0 Å². The lowest BCUT2D eigenvalue weighted by atomic mass is 10.1. The van der Waals surface area contributed by atoms with Gasteiger partial charge in [-0.25, -0.2) is 4.39 Å². The van der Waals surface area contributed by atoms with Crippen molar-refractivity contribution in [2.75, 3.05) is 0 Å². The molecule has 1 aromatic carbocycles. The van der Waals surface area contributed by atoms with Gasteiger partial charge in [-0.2, -0.15) is 4.39 Å². The first-order chi connectivity index (χ1) is 6.27. The lowest BCUT2D eigenvalue weighted by Crippen LogP contribution is -1.80. The van der Waals surface area contributed by atoms with Crippen molar-refractivity contribution in [2.24, 2.45) is 0 Å². The molecule has 0 aliphatic rings. The van der Waals surface area contributed by atoms with Crippen molar-refractivity contribution < 1.29 is 8.78 Å². The molecule has 2 rings (SSSR count). The topological polar surface area (TPSA) is 28.7 Å². The lowest BCUT2D eigenvalue weighted by Gasteiger charge is -1.95. The summed E-state index contributed by atoms with van der Waals surface area (Å²) in [5.41, 5.74) is 0.952. The van der Waals surface area contributed by atoms with Crippen molar-refractivity contribution in [1.29, 1.82) is 0 Å². The summed E-state index contributed by atoms with van der Waals surface area (Å²) in [5, 5.41) is 5.72. The molecule has 2 nitrogen and oxygen atoms in total. The normalized spacial score (nSPS) is 10.3. The van der Waals surface area contributed by atoms with Gasteiger partial charge in [0, 0.05) is 6.20 Å². The second-order valence-corrected chi connectivity index (χ2v) is 2.60. The Hall–Kier alpha value is -1.71. The fourth-order valence-electron chi connectivity index (χ4n) is 1.11. The van der Waals surface area contributed by atoms with Crippen LogP contribution in [0.2, 0.25) is 0 Å². The summed E-state index contributed by atoms with van der Waals surface area (Å²) >= 11 is 0. The Balaban J connectivity index is 2.47. The predicted octanol–water partition coefficient (Wildman–Crippen LogP) is 2.35. The van der Waals surface area contributed by atoms with Gasteiger partial charge in [0.15, 0.2) is 0 Å². The minimum absolute atomic E-state index is 0.340. The number of H-pyrrole nitrogens is 1. The maximum absolute atomic E-state index is 12.9. The van der Waals surface area contributed by atoms with Gasteiger partial charge in [-0.05, 0) is 17.7 Å². The third-order valence-electron chi connectivity index (χ3n) is 1.75. The highest BCUT2D eigenvalue weighted by Crippen LogP contribution is 2.20. The summed E-state index contributed by atoms with van der Waals surface area (Å²) in [7, 11) is 0. The van der Waals surface area contributed by atoms with Gasteiger partial charge in [0.2, 0.25) is 5.95 Å². The molecule has 0 saturated carbocycles. The van der Waals surface area contributed by atoms with Crippen LogP contribution in [0.4, 0.5) is 8.78 Å². The molecule has 13 heavy (non-hydrogen) atoms. The van der Waals surface area contributed by atoms with Gasteiger partial charge in [-0.3, -0.25) is 5.10 Å². The Kier molecular flexibility index (Phi) is 1.81. The second kappa shape index (κ2) is 2.97. The first-order valence-corrected chi connectivity index (χ1v) is 3.72. The highest BCUT2D eigenvalue weighted by atomic mass is 19.1. The van der Waals surface area contributed by atoms with Crippen molar-refractivity contribution in [3.8, 4) is 11.1 Å². The maximum Gasteiger partial charge on any atom is 0.240 e. The molecule has 0 radical (unpaired) electrons. The maximum atomic E-state index is 12.9. The van der Waals surface area contributed by atoms with Crippen LogP contribution in [-0.4, -0.2) is 10.2 Å². The van der Waals surface area contributed by atoms with E-state index in [9.17, 15) is 8.78 Å². The first kappa shape index (κ1) is 7.91. The zero-order valence-electron chi connectivity index (χ0n) is 6.59. The predicted molar refractivity (Wildman–Crippen MR) is 43.9 cm³/mol. The Labute approximate surface area is 73.2 Å². The van der Waals surface area contributed by atoms with E-state index in [1.165, 1.54) is 30.5 Å². The molecular formula is C9H6F2N2. The van der Waals surface area contributed by atoms with Crippen molar-refractivity contribution in [3.05, 3.63) is 42.2 Å². The molecule has 1 heterocycles. The average Bonchev–Trinajstić information content (AvgIpc) is 2.53. The lowest BCUT2D eigenvalue weighted by molar-refractivity contribution is 0.582. The third kappa shape index (κ3) is 1.42. The van der Waals surface area contributed by atoms with Gasteiger partial charge >= 0.3 is 0 Å². The molecule has 4 heteroatoms. The van der Waals surface area contributed by atoms with Crippen molar-refractivity contribution >= 4 is 0 Å². The number of halogens is 2. The summed E-state index contributed by atoms with van der Waals surface area (Å²) in [4.78, 5) is 0. The highest BCUT2D eigenvalue weighted by molar-refractivity contribution is 5.61. The van der Waals surface area contributed by atoms with Crippen LogP contribution in [0.25, 0.3) is 11.1 Å². The molecule has 0 unspecified atom stereocenters. The molecule has 66 valence electrons. The summed E-state index contributed by atoms with van der Waals surface area (Å²) in [6, 6.07) is 5.57. The summed E-state index contributed by atoms with van der Waals surface area (Å²) in [6.45, 7) is 0. The fraction of sp³-hybridized carbons (Fsp3) is 0. The van der Waals surface area contributed by atoms with E-state index in [1.807, 2.05) is 0 Å². The molecule has 2 aromatic rings. The van der Waals surface area contributed by atoms with E-state index in [1.54, 1.807) is 0 Å². The van der Waals surface area contributed by atoms with Gasteiger partial charge < -0.3 is 0 Å². The molecule has 0 saturated heterocycles. The van der Waals surface area contributed by atoms with Crippen LogP contribution in [0.15, 0.2) is 30.5 Å². The Morgan fingerprint density at radius 1 is 1.08 bits per heavy atom. The zero-order chi connectivity index (χ0) is 9.26. The van der Waals surface area contributed by atoms with Gasteiger partial charge in [0.1, 0.15) is 5.82 Å². The van der Waals surface area contributed by atoms with Gasteiger partial charge in [-0.1, -0.05) is 12.1 Å². The number of rotatable bonds is 1. The molecule has 1 aromatic heterocycles.